The quantitative estimate of drug-likeness (QED) is 0.729. The number of anilines is 1. The number of nitrogens with zero attached hydrogens (tertiary/aromatic N) is 3. The number of ether oxygens (including phenoxy) is 2. The lowest BCUT2D eigenvalue weighted by molar-refractivity contribution is -0.112. The Morgan fingerprint density at radius 1 is 1.11 bits per heavy atom. The summed E-state index contributed by atoms with van der Waals surface area (Å²) in [5, 5.41) is 2.78. The van der Waals surface area contributed by atoms with Crippen molar-refractivity contribution in [2.24, 2.45) is 0 Å². The van der Waals surface area contributed by atoms with Gasteiger partial charge in [0.25, 0.3) is 5.91 Å². The average molecular weight is 378 g/mol. The van der Waals surface area contributed by atoms with Crippen LogP contribution in [0.5, 0.6) is 0 Å². The Labute approximate surface area is 160 Å². The molecule has 0 fully saturated rings. The van der Waals surface area contributed by atoms with Crippen LogP contribution in [0.1, 0.15) is 0 Å². The van der Waals surface area contributed by atoms with E-state index in [4.69, 9.17) is 13.9 Å². The Balaban J connectivity index is 1.54. The second-order valence-corrected chi connectivity index (χ2v) is 6.09. The number of amides is 1. The van der Waals surface area contributed by atoms with E-state index in [1.54, 1.807) is 69.0 Å². The van der Waals surface area contributed by atoms with E-state index in [9.17, 15) is 4.79 Å². The minimum Gasteiger partial charge on any atom is -0.433 e. The zero-order valence-corrected chi connectivity index (χ0v) is 15.3. The van der Waals surface area contributed by atoms with Crippen LogP contribution in [-0.4, -0.2) is 47.3 Å². The number of methoxy groups -OCH3 is 2. The van der Waals surface area contributed by atoms with E-state index in [1.807, 2.05) is 0 Å². The first-order valence-electron chi connectivity index (χ1n) is 8.64. The lowest BCUT2D eigenvalue weighted by Gasteiger charge is -2.23. The lowest BCUT2D eigenvalue weighted by atomic mass is 10.0. The van der Waals surface area contributed by atoms with Gasteiger partial charge in [-0.2, -0.15) is 4.98 Å². The topological polar surface area (TPSA) is 99.4 Å². The second kappa shape index (κ2) is 7.71. The van der Waals surface area contributed by atoms with E-state index in [-0.39, 0.29) is 18.1 Å². The van der Waals surface area contributed by atoms with Gasteiger partial charge in [-0.15, -0.1) is 0 Å². The molecule has 8 nitrogen and oxygen atoms in total. The van der Waals surface area contributed by atoms with Crippen molar-refractivity contribution in [3.63, 3.8) is 0 Å². The smallest absolute Gasteiger partial charge is 0.256 e. The van der Waals surface area contributed by atoms with Gasteiger partial charge in [0.1, 0.15) is 23.7 Å². The zero-order chi connectivity index (χ0) is 19.5. The molecule has 0 aliphatic heterocycles. The van der Waals surface area contributed by atoms with Gasteiger partial charge in [0, 0.05) is 26.0 Å². The molecule has 1 aliphatic rings. The fourth-order valence-electron chi connectivity index (χ4n) is 2.89. The number of carbonyl (C=O) groups is 1. The monoisotopic (exact) mass is 378 g/mol. The van der Waals surface area contributed by atoms with Gasteiger partial charge < -0.3 is 19.2 Å². The number of fused-ring (bicyclic) bond motifs is 1. The third kappa shape index (κ3) is 3.55. The highest BCUT2D eigenvalue weighted by atomic mass is 16.5. The molecule has 0 bridgehead atoms. The maximum atomic E-state index is 12.6. The Morgan fingerprint density at radius 2 is 1.96 bits per heavy atom. The molecule has 3 aromatic rings. The molecule has 142 valence electrons. The molecule has 0 saturated carbocycles. The Kier molecular flexibility index (Phi) is 4.96. The molecular formula is C20H18N4O4. The molecule has 1 N–H and O–H groups in total. The minimum absolute atomic E-state index is 0.226. The fraction of sp³-hybridized carbons (Fsp3) is 0.200. The first-order valence-corrected chi connectivity index (χ1v) is 8.64. The zero-order valence-electron chi connectivity index (χ0n) is 15.3. The molecule has 0 spiro atoms. The summed E-state index contributed by atoms with van der Waals surface area (Å²) >= 11 is 0. The van der Waals surface area contributed by atoms with Gasteiger partial charge in [-0.3, -0.25) is 4.79 Å². The number of rotatable bonds is 5. The van der Waals surface area contributed by atoms with Crippen molar-refractivity contribution in [2.75, 3.05) is 19.5 Å². The summed E-state index contributed by atoms with van der Waals surface area (Å²) in [6.45, 7) is 0. The van der Waals surface area contributed by atoms with Crippen molar-refractivity contribution >= 4 is 23.0 Å². The highest BCUT2D eigenvalue weighted by Gasteiger charge is 2.23. The van der Waals surface area contributed by atoms with Crippen LogP contribution < -0.4 is 5.32 Å². The van der Waals surface area contributed by atoms with Crippen LogP contribution in [-0.2, 0) is 14.3 Å². The van der Waals surface area contributed by atoms with E-state index in [0.29, 0.717) is 34.2 Å². The van der Waals surface area contributed by atoms with E-state index in [2.05, 4.69) is 20.3 Å². The molecule has 3 aromatic heterocycles. The Bertz CT molecular complexity index is 1040. The maximum Gasteiger partial charge on any atom is 0.256 e. The van der Waals surface area contributed by atoms with Crippen LogP contribution in [0.2, 0.25) is 0 Å². The number of aromatic nitrogens is 3. The number of nitrogens with one attached hydrogen (secondary N) is 1. The molecule has 1 amide bonds. The molecule has 2 unspecified atom stereocenters. The standard InChI is InChI=1S/C20H18N4O4/c1-26-14-9-8-12(11-16(14)27-2)19(25)23-17-7-3-5-13(22-17)20-24-18-15(28-20)6-4-10-21-18/h3-11,14,16H,1-2H3,(H,22,23,25). The van der Waals surface area contributed by atoms with Gasteiger partial charge in [0.15, 0.2) is 11.2 Å². The third-order valence-electron chi connectivity index (χ3n) is 4.31. The first kappa shape index (κ1) is 18.0. The minimum atomic E-state index is -0.331. The number of hydrogen-bond donors (Lipinski definition) is 1. The Hall–Kier alpha value is -3.36. The molecular weight excluding hydrogens is 360 g/mol. The van der Waals surface area contributed by atoms with Crippen LogP contribution in [0.4, 0.5) is 5.82 Å². The molecule has 4 rings (SSSR count). The Morgan fingerprint density at radius 3 is 2.75 bits per heavy atom. The molecule has 3 heterocycles. The van der Waals surface area contributed by atoms with Gasteiger partial charge in [-0.05, 0) is 30.3 Å². The average Bonchev–Trinajstić information content (AvgIpc) is 3.17. The van der Waals surface area contributed by atoms with Crippen molar-refractivity contribution in [2.45, 2.75) is 12.2 Å². The molecule has 2 atom stereocenters. The van der Waals surface area contributed by atoms with Crippen molar-refractivity contribution in [1.82, 2.24) is 15.0 Å². The predicted molar refractivity (Wildman–Crippen MR) is 102 cm³/mol. The van der Waals surface area contributed by atoms with Gasteiger partial charge in [-0.1, -0.05) is 18.2 Å². The highest BCUT2D eigenvalue weighted by molar-refractivity contribution is 6.05. The first-order chi connectivity index (χ1) is 13.7. The van der Waals surface area contributed by atoms with E-state index >= 15 is 0 Å². The van der Waals surface area contributed by atoms with Crippen molar-refractivity contribution in [3.8, 4) is 11.6 Å². The third-order valence-corrected chi connectivity index (χ3v) is 4.31. The molecule has 1 aliphatic carbocycles. The molecule has 28 heavy (non-hydrogen) atoms. The number of oxazole rings is 1. The molecule has 0 saturated heterocycles. The van der Waals surface area contributed by atoms with Crippen molar-refractivity contribution < 1.29 is 18.7 Å². The summed E-state index contributed by atoms with van der Waals surface area (Å²) in [4.78, 5) is 25.5. The van der Waals surface area contributed by atoms with E-state index in [0.717, 1.165) is 0 Å². The lowest BCUT2D eigenvalue weighted by Crippen LogP contribution is -2.30. The van der Waals surface area contributed by atoms with Crippen molar-refractivity contribution in [1.29, 1.82) is 0 Å². The largest absolute Gasteiger partial charge is 0.433 e. The number of hydrogen-bond acceptors (Lipinski definition) is 7. The summed E-state index contributed by atoms with van der Waals surface area (Å²) in [7, 11) is 3.17. The van der Waals surface area contributed by atoms with Crippen LogP contribution in [0.25, 0.3) is 22.8 Å². The second-order valence-electron chi connectivity index (χ2n) is 6.09. The predicted octanol–water partition coefficient (Wildman–Crippen LogP) is 2.75. The number of pyridine rings is 2. The van der Waals surface area contributed by atoms with Crippen molar-refractivity contribution in [3.05, 3.63) is 60.3 Å². The SMILES string of the molecule is COC1C=CC(C(=O)Nc2cccc(-c3nc4ncccc4o3)n2)=CC1OC. The fourth-order valence-corrected chi connectivity index (χ4v) is 2.89. The van der Waals surface area contributed by atoms with Crippen LogP contribution in [0.15, 0.2) is 64.7 Å². The summed E-state index contributed by atoms with van der Waals surface area (Å²) in [5.41, 5.74) is 2.05. The molecule has 0 aromatic carbocycles. The number of carbonyl (C=O) groups excluding carboxylic acids is 1. The molecule has 0 radical (unpaired) electrons. The van der Waals surface area contributed by atoms with Gasteiger partial charge in [0.05, 0.1) is 0 Å². The van der Waals surface area contributed by atoms with Gasteiger partial charge >= 0.3 is 0 Å². The highest BCUT2D eigenvalue weighted by Crippen LogP contribution is 2.23. The van der Waals surface area contributed by atoms with Crippen LogP contribution in [0.3, 0.4) is 0 Å². The van der Waals surface area contributed by atoms with E-state index in [1.165, 1.54) is 0 Å². The summed E-state index contributed by atoms with van der Waals surface area (Å²) in [5.74, 6) is 0.426. The van der Waals surface area contributed by atoms with E-state index < -0.39 is 0 Å². The summed E-state index contributed by atoms with van der Waals surface area (Å²) in [6, 6.07) is 8.77. The van der Waals surface area contributed by atoms with Gasteiger partial charge in [-0.25, -0.2) is 9.97 Å². The summed E-state index contributed by atoms with van der Waals surface area (Å²) < 4.78 is 16.3. The maximum absolute atomic E-state index is 12.6. The normalized spacial score (nSPS) is 18.9. The van der Waals surface area contributed by atoms with Crippen LogP contribution >= 0.6 is 0 Å². The van der Waals surface area contributed by atoms with Gasteiger partial charge in [0.2, 0.25) is 5.89 Å². The summed E-state index contributed by atoms with van der Waals surface area (Å²) in [6.07, 6.45) is 6.30. The molecule has 8 heteroatoms. The van der Waals surface area contributed by atoms with Crippen LogP contribution in [0, 0.1) is 0 Å².